The van der Waals surface area contributed by atoms with Crippen LogP contribution in [0.3, 0.4) is 0 Å². The summed E-state index contributed by atoms with van der Waals surface area (Å²) < 4.78 is 0. The van der Waals surface area contributed by atoms with Crippen LogP contribution in [0.15, 0.2) is 30.3 Å². The second-order valence-corrected chi connectivity index (χ2v) is 8.15. The number of carbonyl (C=O) groups is 3. The third kappa shape index (κ3) is 3.11. The maximum Gasteiger partial charge on any atom is 0.325 e. The van der Waals surface area contributed by atoms with Crippen molar-refractivity contribution in [3.05, 3.63) is 35.9 Å². The van der Waals surface area contributed by atoms with E-state index >= 15 is 0 Å². The number of carbonyl (C=O) groups excluding carboxylic acids is 3. The lowest BCUT2D eigenvalue weighted by atomic mass is 9.78. The van der Waals surface area contributed by atoms with Gasteiger partial charge in [-0.2, -0.15) is 0 Å². The molecule has 3 atom stereocenters. The van der Waals surface area contributed by atoms with Crippen LogP contribution >= 0.6 is 0 Å². The van der Waals surface area contributed by atoms with Crippen molar-refractivity contribution in [2.24, 2.45) is 5.92 Å². The molecule has 6 heteroatoms. The molecule has 144 valence electrons. The van der Waals surface area contributed by atoms with Gasteiger partial charge in [-0.05, 0) is 44.1 Å². The maximum atomic E-state index is 13.0. The van der Waals surface area contributed by atoms with Crippen LogP contribution in [0, 0.1) is 5.92 Å². The van der Waals surface area contributed by atoms with Gasteiger partial charge in [-0.1, -0.05) is 43.2 Å². The van der Waals surface area contributed by atoms with E-state index in [9.17, 15) is 14.4 Å². The summed E-state index contributed by atoms with van der Waals surface area (Å²) in [4.78, 5) is 41.5. The Kier molecular flexibility index (Phi) is 4.66. The smallest absolute Gasteiger partial charge is 0.325 e. The fourth-order valence-corrected chi connectivity index (χ4v) is 4.97. The average Bonchev–Trinajstić information content (AvgIpc) is 2.92. The van der Waals surface area contributed by atoms with Gasteiger partial charge in [0.25, 0.3) is 5.91 Å². The molecule has 2 saturated heterocycles. The zero-order valence-electron chi connectivity index (χ0n) is 15.8. The highest BCUT2D eigenvalue weighted by Crippen LogP contribution is 2.35. The third-order valence-electron chi connectivity index (χ3n) is 6.48. The van der Waals surface area contributed by atoms with Crippen molar-refractivity contribution < 1.29 is 14.4 Å². The highest BCUT2D eigenvalue weighted by Gasteiger charge is 2.50. The van der Waals surface area contributed by atoms with E-state index in [1.807, 2.05) is 35.2 Å². The normalized spacial score (nSPS) is 30.9. The van der Waals surface area contributed by atoms with Crippen LogP contribution in [-0.2, 0) is 15.1 Å². The molecular weight excluding hydrogens is 342 g/mol. The highest BCUT2D eigenvalue weighted by atomic mass is 16.2. The molecule has 1 saturated carbocycles. The number of benzene rings is 1. The van der Waals surface area contributed by atoms with Crippen LogP contribution in [0.2, 0.25) is 0 Å². The van der Waals surface area contributed by atoms with E-state index in [-0.39, 0.29) is 24.4 Å². The number of likely N-dealkylation sites (tertiary alicyclic amines) is 1. The molecular formula is C21H27N3O3. The molecule has 3 aliphatic rings. The molecule has 1 aromatic carbocycles. The number of hydrogen-bond donors (Lipinski definition) is 1. The monoisotopic (exact) mass is 369 g/mol. The Morgan fingerprint density at radius 3 is 2.59 bits per heavy atom. The van der Waals surface area contributed by atoms with E-state index in [2.05, 4.69) is 5.32 Å². The summed E-state index contributed by atoms with van der Waals surface area (Å²) >= 11 is 0. The first-order valence-electron chi connectivity index (χ1n) is 10.00. The van der Waals surface area contributed by atoms with Crippen LogP contribution in [0.4, 0.5) is 4.79 Å². The number of rotatable bonds is 3. The largest absolute Gasteiger partial charge is 0.338 e. The molecule has 0 spiro atoms. The molecule has 0 bridgehead atoms. The number of fused-ring (bicyclic) bond motifs is 1. The number of amides is 4. The van der Waals surface area contributed by atoms with Gasteiger partial charge in [0, 0.05) is 12.6 Å². The quantitative estimate of drug-likeness (QED) is 0.833. The van der Waals surface area contributed by atoms with E-state index in [1.54, 1.807) is 6.92 Å². The second-order valence-electron chi connectivity index (χ2n) is 8.15. The van der Waals surface area contributed by atoms with Crippen molar-refractivity contribution in [2.45, 2.75) is 57.0 Å². The molecule has 3 fully saturated rings. The summed E-state index contributed by atoms with van der Waals surface area (Å²) in [5, 5.41) is 2.78. The van der Waals surface area contributed by atoms with Gasteiger partial charge in [-0.25, -0.2) is 4.79 Å². The molecule has 27 heavy (non-hydrogen) atoms. The van der Waals surface area contributed by atoms with Gasteiger partial charge in [0.05, 0.1) is 0 Å². The Hall–Kier alpha value is -2.37. The van der Waals surface area contributed by atoms with Crippen LogP contribution in [0.5, 0.6) is 0 Å². The average molecular weight is 369 g/mol. The van der Waals surface area contributed by atoms with Gasteiger partial charge < -0.3 is 10.2 Å². The number of hydrogen-bond acceptors (Lipinski definition) is 3. The van der Waals surface area contributed by atoms with Crippen molar-refractivity contribution in [3.63, 3.8) is 0 Å². The summed E-state index contributed by atoms with van der Waals surface area (Å²) in [6, 6.07) is 8.97. The van der Waals surface area contributed by atoms with E-state index in [0.717, 1.165) is 36.3 Å². The van der Waals surface area contributed by atoms with Crippen LogP contribution in [-0.4, -0.2) is 46.8 Å². The number of nitrogens with zero attached hydrogens (tertiary/aromatic N) is 2. The van der Waals surface area contributed by atoms with Crippen LogP contribution in [0.25, 0.3) is 0 Å². The summed E-state index contributed by atoms with van der Waals surface area (Å²) in [6.45, 7) is 2.26. The number of nitrogens with one attached hydrogen (secondary N) is 1. The van der Waals surface area contributed by atoms with Gasteiger partial charge in [-0.15, -0.1) is 0 Å². The Morgan fingerprint density at radius 2 is 1.81 bits per heavy atom. The lowest BCUT2D eigenvalue weighted by Gasteiger charge is -2.44. The molecule has 1 N–H and O–H groups in total. The first-order valence-corrected chi connectivity index (χ1v) is 10.00. The summed E-state index contributed by atoms with van der Waals surface area (Å²) in [7, 11) is 0. The number of piperidine rings is 1. The fourth-order valence-electron chi connectivity index (χ4n) is 4.97. The molecule has 2 heterocycles. The van der Waals surface area contributed by atoms with Crippen LogP contribution < -0.4 is 5.32 Å². The number of imide groups is 1. The molecule has 0 radical (unpaired) electrons. The molecule has 3 unspecified atom stereocenters. The van der Waals surface area contributed by atoms with Crippen molar-refractivity contribution in [1.82, 2.24) is 15.1 Å². The van der Waals surface area contributed by atoms with Crippen molar-refractivity contribution >= 4 is 17.8 Å². The predicted molar refractivity (Wildman–Crippen MR) is 101 cm³/mol. The molecule has 6 nitrogen and oxygen atoms in total. The zero-order chi connectivity index (χ0) is 19.0. The fraction of sp³-hybridized carbons (Fsp3) is 0.571. The summed E-state index contributed by atoms with van der Waals surface area (Å²) in [6.07, 6.45) is 6.81. The van der Waals surface area contributed by atoms with Crippen molar-refractivity contribution in [2.75, 3.05) is 13.1 Å². The topological polar surface area (TPSA) is 69.7 Å². The maximum absolute atomic E-state index is 13.0. The lowest BCUT2D eigenvalue weighted by Crippen LogP contribution is -2.53. The molecule has 1 aromatic rings. The Labute approximate surface area is 159 Å². The highest BCUT2D eigenvalue weighted by molar-refractivity contribution is 6.09. The SMILES string of the molecule is CC1(c2ccccc2)NC(=O)N(CC(=O)N2CCCC3CCCCC32)C1=O. The molecule has 0 aromatic heterocycles. The van der Waals surface area contributed by atoms with Gasteiger partial charge in [0.1, 0.15) is 12.1 Å². The predicted octanol–water partition coefficient (Wildman–Crippen LogP) is 2.63. The van der Waals surface area contributed by atoms with Crippen molar-refractivity contribution in [1.29, 1.82) is 0 Å². The Balaban J connectivity index is 1.50. The molecule has 4 amide bonds. The minimum Gasteiger partial charge on any atom is -0.338 e. The van der Waals surface area contributed by atoms with Crippen molar-refractivity contribution in [3.8, 4) is 0 Å². The lowest BCUT2D eigenvalue weighted by molar-refractivity contribution is -0.142. The van der Waals surface area contributed by atoms with Gasteiger partial charge in [0.2, 0.25) is 5.91 Å². The van der Waals surface area contributed by atoms with E-state index in [0.29, 0.717) is 5.92 Å². The third-order valence-corrected chi connectivity index (χ3v) is 6.48. The number of urea groups is 1. The molecule has 4 rings (SSSR count). The van der Waals surface area contributed by atoms with E-state index < -0.39 is 11.6 Å². The minimum atomic E-state index is -1.12. The summed E-state index contributed by atoms with van der Waals surface area (Å²) in [5.74, 6) is 0.116. The first-order chi connectivity index (χ1) is 13.0. The summed E-state index contributed by atoms with van der Waals surface area (Å²) in [5.41, 5.74) is -0.392. The Bertz CT molecular complexity index is 748. The second kappa shape index (κ2) is 6.98. The van der Waals surface area contributed by atoms with Crippen LogP contribution in [0.1, 0.15) is 51.0 Å². The van der Waals surface area contributed by atoms with Gasteiger partial charge in [-0.3, -0.25) is 14.5 Å². The Morgan fingerprint density at radius 1 is 1.11 bits per heavy atom. The van der Waals surface area contributed by atoms with Gasteiger partial charge in [0.15, 0.2) is 0 Å². The minimum absolute atomic E-state index is 0.104. The van der Waals surface area contributed by atoms with Gasteiger partial charge >= 0.3 is 6.03 Å². The first kappa shape index (κ1) is 18.0. The standard InChI is InChI=1S/C21H27N3O3/c1-21(16-10-3-2-4-11-16)19(26)24(20(27)22-21)14-18(25)23-13-7-9-15-8-5-6-12-17(15)23/h2-4,10-11,15,17H,5-9,12-14H2,1H3,(H,22,27). The van der Waals surface area contributed by atoms with E-state index in [4.69, 9.17) is 0 Å². The molecule has 2 aliphatic heterocycles. The zero-order valence-corrected chi connectivity index (χ0v) is 15.8. The van der Waals surface area contributed by atoms with E-state index in [1.165, 1.54) is 19.3 Å². The molecule has 1 aliphatic carbocycles.